The third-order valence-corrected chi connectivity index (χ3v) is 5.26. The van der Waals surface area contributed by atoms with Crippen LogP contribution in [0.1, 0.15) is 5.56 Å². The molecule has 0 aliphatic rings. The molecule has 1 N–H and O–H groups in total. The Bertz CT molecular complexity index is 1250. The lowest BCUT2D eigenvalue weighted by atomic mass is 10.2. The van der Waals surface area contributed by atoms with Gasteiger partial charge in [0, 0.05) is 22.0 Å². The van der Waals surface area contributed by atoms with E-state index in [1.54, 1.807) is 30.5 Å². The molecule has 4 aromatic rings. The molecule has 0 radical (unpaired) electrons. The van der Waals surface area contributed by atoms with Crippen molar-refractivity contribution in [3.63, 3.8) is 0 Å². The summed E-state index contributed by atoms with van der Waals surface area (Å²) in [6.07, 6.45) is 2.98. The maximum Gasteiger partial charge on any atom is 0.337 e. The lowest BCUT2D eigenvalue weighted by Gasteiger charge is -2.12. The smallest absolute Gasteiger partial charge is 0.337 e. The molecule has 2 aromatic heterocycles. The van der Waals surface area contributed by atoms with Crippen molar-refractivity contribution in [2.75, 3.05) is 6.26 Å². The van der Waals surface area contributed by atoms with Crippen LogP contribution in [0.25, 0.3) is 16.9 Å². The summed E-state index contributed by atoms with van der Waals surface area (Å²) in [5.74, 6) is 0. The van der Waals surface area contributed by atoms with Crippen LogP contribution >= 0.6 is 0 Å². The van der Waals surface area contributed by atoms with Crippen molar-refractivity contribution >= 4 is 22.0 Å². The van der Waals surface area contributed by atoms with Crippen LogP contribution in [0.4, 0.5) is 0 Å². The molecule has 7 nitrogen and oxygen atoms in total. The van der Waals surface area contributed by atoms with Gasteiger partial charge in [0.2, 0.25) is 0 Å². The predicted octanol–water partition coefficient (Wildman–Crippen LogP) is 1.66. The normalized spacial score (nSPS) is 12.3. The third kappa shape index (κ3) is 3.04. The molecule has 0 bridgehead atoms. The fourth-order valence-corrected chi connectivity index (χ4v) is 3.49. The lowest BCUT2D eigenvalue weighted by Crippen LogP contribution is -2.39. The van der Waals surface area contributed by atoms with Gasteiger partial charge in [-0.05, 0) is 29.8 Å². The van der Waals surface area contributed by atoms with Gasteiger partial charge in [0.05, 0.1) is 18.6 Å². The molecule has 2 aromatic carbocycles. The van der Waals surface area contributed by atoms with Crippen molar-refractivity contribution in [1.82, 2.24) is 19.1 Å². The Balaban J connectivity index is 1.95. The lowest BCUT2D eigenvalue weighted by molar-refractivity contribution is 0.682. The fourth-order valence-electron chi connectivity index (χ4n) is 2.97. The van der Waals surface area contributed by atoms with Gasteiger partial charge < -0.3 is 4.98 Å². The number of rotatable bonds is 4. The van der Waals surface area contributed by atoms with Crippen molar-refractivity contribution in [2.24, 2.45) is 0 Å². The minimum Gasteiger partial charge on any atom is -0.339 e. The fraction of sp³-hybridized carbons (Fsp3) is 0.105. The van der Waals surface area contributed by atoms with Crippen molar-refractivity contribution in [2.45, 2.75) is 11.4 Å². The maximum atomic E-state index is 13.1. The first-order valence-corrected chi connectivity index (χ1v) is 9.79. The van der Waals surface area contributed by atoms with Crippen LogP contribution in [0, 0.1) is 0 Å². The van der Waals surface area contributed by atoms with Crippen LogP contribution in [-0.4, -0.2) is 29.6 Å². The van der Waals surface area contributed by atoms with E-state index in [9.17, 15) is 13.8 Å². The van der Waals surface area contributed by atoms with Crippen LogP contribution in [0.3, 0.4) is 0 Å². The second-order valence-corrected chi connectivity index (χ2v) is 7.42. The van der Waals surface area contributed by atoms with E-state index in [2.05, 4.69) is 9.97 Å². The number of nitrogens with one attached hydrogen (secondary N) is 1. The number of hydrogen-bond donors (Lipinski definition) is 1. The SMILES string of the molecule is C[S@](=O)c1ccc(-n2c(=O)n(Cc3ccccc3)c(=O)c3[nH]cnc32)cc1. The molecule has 0 saturated heterocycles. The summed E-state index contributed by atoms with van der Waals surface area (Å²) >= 11 is 0. The molecule has 27 heavy (non-hydrogen) atoms. The zero-order chi connectivity index (χ0) is 19.0. The van der Waals surface area contributed by atoms with Crippen LogP contribution in [-0.2, 0) is 17.3 Å². The molecule has 136 valence electrons. The van der Waals surface area contributed by atoms with Gasteiger partial charge in [0.15, 0.2) is 5.65 Å². The summed E-state index contributed by atoms with van der Waals surface area (Å²) in [6, 6.07) is 16.1. The largest absolute Gasteiger partial charge is 0.339 e. The Hall–Kier alpha value is -3.26. The Morgan fingerprint density at radius 3 is 2.41 bits per heavy atom. The summed E-state index contributed by atoms with van der Waals surface area (Å²) in [5.41, 5.74) is 1.02. The second kappa shape index (κ2) is 6.81. The van der Waals surface area contributed by atoms with Crippen molar-refractivity contribution in [1.29, 1.82) is 0 Å². The van der Waals surface area contributed by atoms with E-state index < -0.39 is 22.0 Å². The van der Waals surface area contributed by atoms with Gasteiger partial charge in [-0.25, -0.2) is 14.3 Å². The number of hydrogen-bond acceptors (Lipinski definition) is 4. The van der Waals surface area contributed by atoms with Crippen molar-refractivity contribution in [3.8, 4) is 5.69 Å². The van der Waals surface area contributed by atoms with Crippen LogP contribution < -0.4 is 11.2 Å². The minimum atomic E-state index is -1.12. The van der Waals surface area contributed by atoms with Gasteiger partial charge in [-0.15, -0.1) is 0 Å². The molecule has 0 saturated carbocycles. The Labute approximate surface area is 156 Å². The first kappa shape index (κ1) is 17.2. The molecular formula is C19H16N4O3S. The highest BCUT2D eigenvalue weighted by atomic mass is 32.2. The number of H-pyrrole nitrogens is 1. The van der Waals surface area contributed by atoms with Gasteiger partial charge in [-0.1, -0.05) is 30.3 Å². The van der Waals surface area contributed by atoms with E-state index in [-0.39, 0.29) is 17.7 Å². The number of benzene rings is 2. The minimum absolute atomic E-state index is 0.157. The molecule has 1 atom stereocenters. The van der Waals surface area contributed by atoms with Crippen LogP contribution in [0.5, 0.6) is 0 Å². The molecule has 4 rings (SSSR count). The summed E-state index contributed by atoms with van der Waals surface area (Å²) in [5, 5.41) is 0. The van der Waals surface area contributed by atoms with Gasteiger partial charge >= 0.3 is 5.69 Å². The van der Waals surface area contributed by atoms with Crippen LogP contribution in [0.15, 0.2) is 75.4 Å². The second-order valence-electron chi connectivity index (χ2n) is 6.04. The van der Waals surface area contributed by atoms with Crippen molar-refractivity contribution in [3.05, 3.63) is 87.3 Å². The molecule has 0 aliphatic carbocycles. The monoisotopic (exact) mass is 380 g/mol. The zero-order valence-corrected chi connectivity index (χ0v) is 15.3. The van der Waals surface area contributed by atoms with E-state index >= 15 is 0 Å². The van der Waals surface area contributed by atoms with E-state index in [0.29, 0.717) is 10.6 Å². The number of fused-ring (bicyclic) bond motifs is 1. The first-order valence-electron chi connectivity index (χ1n) is 8.23. The molecular weight excluding hydrogens is 364 g/mol. The summed E-state index contributed by atoms with van der Waals surface area (Å²) in [7, 11) is -1.12. The first-order chi connectivity index (χ1) is 13.1. The summed E-state index contributed by atoms with van der Waals surface area (Å²) in [4.78, 5) is 33.6. The standard InChI is InChI=1S/C19H16N4O3S/c1-27(26)15-9-7-14(8-10-15)23-17-16(20-12-21-17)18(24)22(19(23)25)11-13-5-3-2-4-6-13/h2-10,12H,11H2,1H3,(H,20,21)/t27-/m0/s1. The predicted molar refractivity (Wildman–Crippen MR) is 104 cm³/mol. The number of aromatic nitrogens is 4. The average molecular weight is 380 g/mol. The molecule has 0 spiro atoms. The van der Waals surface area contributed by atoms with Gasteiger partial charge in [-0.2, -0.15) is 0 Å². The molecule has 8 heteroatoms. The third-order valence-electron chi connectivity index (χ3n) is 4.32. The highest BCUT2D eigenvalue weighted by molar-refractivity contribution is 7.84. The van der Waals surface area contributed by atoms with E-state index in [0.717, 1.165) is 5.56 Å². The molecule has 0 fully saturated rings. The number of aromatic amines is 1. The van der Waals surface area contributed by atoms with Crippen molar-refractivity contribution < 1.29 is 4.21 Å². The topological polar surface area (TPSA) is 89.8 Å². The highest BCUT2D eigenvalue weighted by Gasteiger charge is 2.17. The average Bonchev–Trinajstić information content (AvgIpc) is 3.16. The van der Waals surface area contributed by atoms with E-state index in [1.807, 2.05) is 30.3 Å². The highest BCUT2D eigenvalue weighted by Crippen LogP contribution is 2.14. The van der Waals surface area contributed by atoms with Gasteiger partial charge in [0.1, 0.15) is 5.52 Å². The quantitative estimate of drug-likeness (QED) is 0.583. The van der Waals surface area contributed by atoms with Crippen LogP contribution in [0.2, 0.25) is 0 Å². The maximum absolute atomic E-state index is 13.1. The Kier molecular flexibility index (Phi) is 4.33. The number of imidazole rings is 1. The van der Waals surface area contributed by atoms with Gasteiger partial charge in [-0.3, -0.25) is 13.6 Å². The summed E-state index contributed by atoms with van der Waals surface area (Å²) < 4.78 is 14.2. The molecule has 0 unspecified atom stereocenters. The number of nitrogens with zero attached hydrogens (tertiary/aromatic N) is 3. The van der Waals surface area contributed by atoms with E-state index in [4.69, 9.17) is 0 Å². The molecule has 0 aliphatic heterocycles. The Morgan fingerprint density at radius 2 is 1.74 bits per heavy atom. The Morgan fingerprint density at radius 1 is 1.04 bits per heavy atom. The molecule has 2 heterocycles. The zero-order valence-electron chi connectivity index (χ0n) is 14.5. The van der Waals surface area contributed by atoms with E-state index in [1.165, 1.54) is 15.5 Å². The van der Waals surface area contributed by atoms with Gasteiger partial charge in [0.25, 0.3) is 5.56 Å². The molecule has 0 amide bonds. The summed E-state index contributed by atoms with van der Waals surface area (Å²) in [6.45, 7) is 0.157.